The Balaban J connectivity index is 5.45. The van der Waals surface area contributed by atoms with E-state index in [0.29, 0.717) is 6.61 Å². The van der Waals surface area contributed by atoms with Crippen LogP contribution in [0.3, 0.4) is 0 Å². The summed E-state index contributed by atoms with van der Waals surface area (Å²) in [5, 5.41) is 19.6. The molecule has 2 atom stereocenters. The van der Waals surface area contributed by atoms with Crippen LogP contribution in [0.1, 0.15) is 13.3 Å². The van der Waals surface area contributed by atoms with E-state index in [1.54, 1.807) is 0 Å². The molecule has 0 aliphatic heterocycles. The van der Waals surface area contributed by atoms with Gasteiger partial charge in [0.1, 0.15) is 11.8 Å². The van der Waals surface area contributed by atoms with E-state index in [1.807, 2.05) is 13.5 Å². The van der Waals surface area contributed by atoms with E-state index in [9.17, 15) is 10.2 Å². The third-order valence-corrected chi connectivity index (χ3v) is 12.3. The van der Waals surface area contributed by atoms with Crippen molar-refractivity contribution in [3.8, 4) is 0 Å². The van der Waals surface area contributed by atoms with Gasteiger partial charge in [0.15, 0.2) is 16.6 Å². The number of aliphatic hydroxyl groups is 2. The van der Waals surface area contributed by atoms with Gasteiger partial charge in [0.25, 0.3) is 0 Å². The minimum atomic E-state index is -2.78. The van der Waals surface area contributed by atoms with Crippen molar-refractivity contribution in [2.75, 3.05) is 13.2 Å². The van der Waals surface area contributed by atoms with E-state index in [2.05, 4.69) is 39.3 Å². The Bertz CT molecular complexity index is 285. The quantitative estimate of drug-likeness (QED) is 0.590. The van der Waals surface area contributed by atoms with E-state index in [1.165, 1.54) is 0 Å². The molecule has 2 N–H and O–H groups in total. The minimum absolute atomic E-state index is 0.346. The predicted octanol–water partition coefficient (Wildman–Crippen LogP) is 2.45. The van der Waals surface area contributed by atoms with Crippen molar-refractivity contribution in [1.29, 1.82) is 0 Å². The number of hydrogen-bond acceptors (Lipinski definition) is 5. The molecule has 0 spiro atoms. The maximum absolute atomic E-state index is 10.2. The summed E-state index contributed by atoms with van der Waals surface area (Å²) in [6, 6.07) is 0. The van der Waals surface area contributed by atoms with Gasteiger partial charge >= 0.3 is 8.56 Å². The first-order valence-corrected chi connectivity index (χ1v) is 16.9. The monoisotopic (exact) mass is 354 g/mol. The van der Waals surface area contributed by atoms with Crippen LogP contribution in [-0.2, 0) is 13.0 Å². The van der Waals surface area contributed by atoms with Crippen LogP contribution in [0, 0.1) is 0 Å². The third-order valence-electron chi connectivity index (χ3n) is 2.57. The second-order valence-electron chi connectivity index (χ2n) is 7.49. The SMILES string of the molecule is CCCOC(C(O)CO)[Si](C)(O[Si](C)(C)C)O[Si](C)(C)C. The zero-order valence-electron chi connectivity index (χ0n) is 14.9. The summed E-state index contributed by atoms with van der Waals surface area (Å²) in [5.41, 5.74) is -0.569. The Labute approximate surface area is 133 Å². The lowest BCUT2D eigenvalue weighted by atomic mass is 10.4. The van der Waals surface area contributed by atoms with E-state index >= 15 is 0 Å². The normalized spacial score (nSPS) is 16.9. The molecule has 21 heavy (non-hydrogen) atoms. The second kappa shape index (κ2) is 8.34. The average Bonchev–Trinajstić information content (AvgIpc) is 2.23. The molecule has 0 rings (SSSR count). The summed E-state index contributed by atoms with van der Waals surface area (Å²) in [6.07, 6.45) is -0.125. The molecule has 0 bridgehead atoms. The molecular weight excluding hydrogens is 320 g/mol. The van der Waals surface area contributed by atoms with Crippen LogP contribution in [0.25, 0.3) is 0 Å². The summed E-state index contributed by atoms with van der Waals surface area (Å²) in [5.74, 6) is 0. The van der Waals surface area contributed by atoms with Crippen molar-refractivity contribution in [1.82, 2.24) is 0 Å². The second-order valence-corrected chi connectivity index (χ2v) is 20.2. The molecule has 128 valence electrons. The maximum Gasteiger partial charge on any atom is 0.347 e. The van der Waals surface area contributed by atoms with Crippen molar-refractivity contribution in [2.45, 2.75) is 71.0 Å². The Hall–Kier alpha value is 0.451. The van der Waals surface area contributed by atoms with Crippen LogP contribution < -0.4 is 0 Å². The Morgan fingerprint density at radius 1 is 0.905 bits per heavy atom. The van der Waals surface area contributed by atoms with Gasteiger partial charge in [0.2, 0.25) is 0 Å². The fraction of sp³-hybridized carbons (Fsp3) is 1.00. The lowest BCUT2D eigenvalue weighted by molar-refractivity contribution is -0.0356. The van der Waals surface area contributed by atoms with Crippen molar-refractivity contribution in [3.05, 3.63) is 0 Å². The smallest absolute Gasteiger partial charge is 0.347 e. The highest BCUT2D eigenvalue weighted by Crippen LogP contribution is 2.27. The van der Waals surface area contributed by atoms with Crippen molar-refractivity contribution in [2.24, 2.45) is 0 Å². The summed E-state index contributed by atoms with van der Waals surface area (Å²) in [6.45, 7) is 16.8. The lowest BCUT2D eigenvalue weighted by Crippen LogP contribution is -2.64. The van der Waals surface area contributed by atoms with Crippen LogP contribution >= 0.6 is 0 Å². The molecule has 0 saturated carbocycles. The standard InChI is InChI=1S/C13H34O5Si3/c1-9-10-16-13(12(15)11-14)21(8,17-19(2,3)4)18-20(5,6)7/h12-15H,9-11H2,1-8H3. The zero-order chi connectivity index (χ0) is 16.9. The van der Waals surface area contributed by atoms with Crippen LogP contribution in [0.4, 0.5) is 0 Å². The molecular formula is C13H34O5Si3. The molecule has 0 fully saturated rings. The molecule has 0 aliphatic rings. The van der Waals surface area contributed by atoms with E-state index < -0.39 is 37.0 Å². The van der Waals surface area contributed by atoms with Crippen molar-refractivity contribution >= 4 is 25.2 Å². The van der Waals surface area contributed by atoms with Gasteiger partial charge in [0, 0.05) is 6.61 Å². The van der Waals surface area contributed by atoms with Gasteiger partial charge in [-0.05, 0) is 52.2 Å². The van der Waals surface area contributed by atoms with Gasteiger partial charge in [-0.1, -0.05) is 6.92 Å². The fourth-order valence-electron chi connectivity index (χ4n) is 2.31. The molecule has 0 radical (unpaired) electrons. The topological polar surface area (TPSA) is 68.2 Å². The number of aliphatic hydroxyl groups excluding tert-OH is 2. The number of ether oxygens (including phenoxy) is 1. The van der Waals surface area contributed by atoms with Gasteiger partial charge in [-0.2, -0.15) is 0 Å². The number of hydrogen-bond donors (Lipinski definition) is 2. The van der Waals surface area contributed by atoms with Crippen LogP contribution in [0.2, 0.25) is 45.8 Å². The Kier molecular flexibility index (Phi) is 8.52. The van der Waals surface area contributed by atoms with E-state index in [4.69, 9.17) is 13.0 Å². The summed E-state index contributed by atoms with van der Waals surface area (Å²) >= 11 is 0. The molecule has 5 nitrogen and oxygen atoms in total. The molecule has 0 aromatic carbocycles. The molecule has 0 aliphatic carbocycles. The maximum atomic E-state index is 10.2. The molecule has 2 unspecified atom stereocenters. The van der Waals surface area contributed by atoms with Crippen molar-refractivity contribution < 1.29 is 23.2 Å². The van der Waals surface area contributed by atoms with Gasteiger partial charge < -0.3 is 23.2 Å². The average molecular weight is 355 g/mol. The molecule has 0 heterocycles. The van der Waals surface area contributed by atoms with E-state index in [-0.39, 0.29) is 6.61 Å². The summed E-state index contributed by atoms with van der Waals surface area (Å²) < 4.78 is 18.6. The molecule has 0 aromatic rings. The number of rotatable bonds is 10. The highest BCUT2D eigenvalue weighted by Gasteiger charge is 2.50. The third kappa shape index (κ3) is 8.60. The lowest BCUT2D eigenvalue weighted by Gasteiger charge is -2.43. The van der Waals surface area contributed by atoms with Gasteiger partial charge in [-0.15, -0.1) is 0 Å². The van der Waals surface area contributed by atoms with Gasteiger partial charge in [-0.3, -0.25) is 0 Å². The van der Waals surface area contributed by atoms with E-state index in [0.717, 1.165) is 6.42 Å². The molecule has 0 saturated heterocycles. The Morgan fingerprint density at radius 3 is 1.62 bits per heavy atom. The first kappa shape index (κ1) is 21.5. The van der Waals surface area contributed by atoms with Gasteiger partial charge in [-0.25, -0.2) is 0 Å². The molecule has 0 aromatic heterocycles. The van der Waals surface area contributed by atoms with Gasteiger partial charge in [0.05, 0.1) is 6.61 Å². The van der Waals surface area contributed by atoms with Crippen LogP contribution in [0.5, 0.6) is 0 Å². The Morgan fingerprint density at radius 2 is 1.33 bits per heavy atom. The molecule has 0 amide bonds. The van der Waals surface area contributed by atoms with Crippen molar-refractivity contribution in [3.63, 3.8) is 0 Å². The highest BCUT2D eigenvalue weighted by molar-refractivity contribution is 6.88. The minimum Gasteiger partial charge on any atom is -0.435 e. The predicted molar refractivity (Wildman–Crippen MR) is 93.6 cm³/mol. The fourth-order valence-corrected chi connectivity index (χ4v) is 14.7. The zero-order valence-corrected chi connectivity index (χ0v) is 17.9. The first-order chi connectivity index (χ1) is 9.34. The summed E-state index contributed by atoms with van der Waals surface area (Å²) in [4.78, 5) is 0. The first-order valence-electron chi connectivity index (χ1n) is 7.65. The van der Waals surface area contributed by atoms with Crippen LogP contribution in [-0.4, -0.2) is 60.5 Å². The van der Waals surface area contributed by atoms with Crippen LogP contribution in [0.15, 0.2) is 0 Å². The highest BCUT2D eigenvalue weighted by atomic mass is 28.5. The largest absolute Gasteiger partial charge is 0.435 e. The summed E-state index contributed by atoms with van der Waals surface area (Å²) in [7, 11) is -6.51. The molecule has 8 heteroatoms.